The molecule has 0 saturated carbocycles. The molecule has 0 amide bonds. The predicted molar refractivity (Wildman–Crippen MR) is 208 cm³/mol. The van der Waals surface area contributed by atoms with Gasteiger partial charge in [0.1, 0.15) is 0 Å². The highest BCUT2D eigenvalue weighted by molar-refractivity contribution is 7.26. The van der Waals surface area contributed by atoms with Crippen LogP contribution in [-0.4, -0.2) is 0 Å². The van der Waals surface area contributed by atoms with Crippen molar-refractivity contribution in [2.24, 2.45) is 0 Å². The van der Waals surface area contributed by atoms with E-state index in [0.717, 1.165) is 11.4 Å². The minimum Gasteiger partial charge on any atom is -0.310 e. The van der Waals surface area contributed by atoms with Crippen LogP contribution in [0.2, 0.25) is 0 Å². The number of hydrogen-bond donors (Lipinski definition) is 0. The lowest BCUT2D eigenvalue weighted by Crippen LogP contribution is -2.10. The maximum Gasteiger partial charge on any atom is 0.0554 e. The van der Waals surface area contributed by atoms with Gasteiger partial charge in [-0.2, -0.15) is 0 Å². The molecule has 9 rings (SSSR count). The van der Waals surface area contributed by atoms with Crippen LogP contribution in [0.3, 0.4) is 0 Å². The highest BCUT2D eigenvalue weighted by Crippen LogP contribution is 2.46. The number of anilines is 3. The van der Waals surface area contributed by atoms with Gasteiger partial charge in [-0.15, -0.1) is 11.3 Å². The zero-order chi connectivity index (χ0) is 31.9. The van der Waals surface area contributed by atoms with E-state index >= 15 is 0 Å². The van der Waals surface area contributed by atoms with Gasteiger partial charge in [0, 0.05) is 36.9 Å². The van der Waals surface area contributed by atoms with Crippen molar-refractivity contribution in [2.45, 2.75) is 0 Å². The van der Waals surface area contributed by atoms with Gasteiger partial charge in [-0.05, 0) is 75.2 Å². The van der Waals surface area contributed by atoms with Gasteiger partial charge in [-0.3, -0.25) is 0 Å². The van der Waals surface area contributed by atoms with Crippen molar-refractivity contribution in [3.05, 3.63) is 188 Å². The molecule has 9 aromatic rings. The number of nitrogens with zero attached hydrogens (tertiary/aromatic N) is 1. The highest BCUT2D eigenvalue weighted by atomic mass is 32.1. The zero-order valence-electron chi connectivity index (χ0n) is 26.3. The lowest BCUT2D eigenvalue weighted by molar-refractivity contribution is 1.30. The fourth-order valence-electron chi connectivity index (χ4n) is 6.87. The summed E-state index contributed by atoms with van der Waals surface area (Å²) in [6, 6.07) is 68.0. The number of thiophene rings is 1. The second kappa shape index (κ2) is 12.0. The van der Waals surface area contributed by atoms with Crippen LogP contribution in [0, 0.1) is 0 Å². The van der Waals surface area contributed by atoms with Crippen LogP contribution in [0.1, 0.15) is 0 Å². The molecule has 1 heterocycles. The molecule has 8 aromatic carbocycles. The normalized spacial score (nSPS) is 11.3. The molecule has 0 atom stereocenters. The number of benzene rings is 8. The first-order chi connectivity index (χ1) is 23.8. The number of rotatable bonds is 6. The Morgan fingerprint density at radius 2 is 0.812 bits per heavy atom. The maximum atomic E-state index is 2.42. The third-order valence-corrected chi connectivity index (χ3v) is 10.5. The molecule has 1 nitrogen and oxygen atoms in total. The van der Waals surface area contributed by atoms with Crippen molar-refractivity contribution < 1.29 is 0 Å². The molecule has 0 radical (unpaired) electrons. The molecule has 2 heteroatoms. The third-order valence-electron chi connectivity index (χ3n) is 9.29. The van der Waals surface area contributed by atoms with Crippen molar-refractivity contribution in [1.29, 1.82) is 0 Å². The SMILES string of the molecule is c1ccc(-c2ccc(-c3ccc(N(c4ccc(-c5ccccc5)cc4)c4cccc5ccc6c7ccccc7sc6c45)cc3)cc2)cc1. The first kappa shape index (κ1) is 28.3. The Hall–Kier alpha value is -5.96. The van der Waals surface area contributed by atoms with Crippen LogP contribution >= 0.6 is 11.3 Å². The highest BCUT2D eigenvalue weighted by Gasteiger charge is 2.19. The molecule has 0 fully saturated rings. The van der Waals surface area contributed by atoms with Gasteiger partial charge in [0.15, 0.2) is 0 Å². The van der Waals surface area contributed by atoms with Gasteiger partial charge >= 0.3 is 0 Å². The first-order valence-electron chi connectivity index (χ1n) is 16.3. The van der Waals surface area contributed by atoms with Crippen LogP contribution in [-0.2, 0) is 0 Å². The first-order valence-corrected chi connectivity index (χ1v) is 17.2. The number of fused-ring (bicyclic) bond motifs is 5. The van der Waals surface area contributed by atoms with Gasteiger partial charge in [0.05, 0.1) is 5.69 Å². The van der Waals surface area contributed by atoms with Crippen LogP contribution in [0.4, 0.5) is 17.1 Å². The summed E-state index contributed by atoms with van der Waals surface area (Å²) < 4.78 is 2.64. The molecule has 0 N–H and O–H groups in total. The minimum absolute atomic E-state index is 1.12. The van der Waals surface area contributed by atoms with E-state index in [1.54, 1.807) is 0 Å². The summed E-state index contributed by atoms with van der Waals surface area (Å²) in [6.45, 7) is 0. The van der Waals surface area contributed by atoms with Crippen molar-refractivity contribution in [3.8, 4) is 33.4 Å². The molecule has 0 saturated heterocycles. The Morgan fingerprint density at radius 3 is 1.38 bits per heavy atom. The van der Waals surface area contributed by atoms with Crippen molar-refractivity contribution >= 4 is 59.3 Å². The zero-order valence-corrected chi connectivity index (χ0v) is 27.1. The summed E-state index contributed by atoms with van der Waals surface area (Å²) in [5.74, 6) is 0. The minimum atomic E-state index is 1.12. The molecular formula is C46H31NS. The van der Waals surface area contributed by atoms with Crippen molar-refractivity contribution in [2.75, 3.05) is 4.90 Å². The molecule has 0 bridgehead atoms. The fraction of sp³-hybridized carbons (Fsp3) is 0. The average Bonchev–Trinajstić information content (AvgIpc) is 3.55. The van der Waals surface area contributed by atoms with E-state index in [0.29, 0.717) is 0 Å². The monoisotopic (exact) mass is 629 g/mol. The summed E-state index contributed by atoms with van der Waals surface area (Å²) in [7, 11) is 0. The van der Waals surface area contributed by atoms with Crippen LogP contribution in [0.25, 0.3) is 64.3 Å². The lowest BCUT2D eigenvalue weighted by atomic mass is 9.99. The molecule has 226 valence electrons. The van der Waals surface area contributed by atoms with E-state index in [1.165, 1.54) is 70.0 Å². The molecule has 0 unspecified atom stereocenters. The maximum absolute atomic E-state index is 2.42. The van der Waals surface area contributed by atoms with Gasteiger partial charge in [0.25, 0.3) is 0 Å². The Morgan fingerprint density at radius 1 is 0.333 bits per heavy atom. The van der Waals surface area contributed by atoms with E-state index in [-0.39, 0.29) is 0 Å². The lowest BCUT2D eigenvalue weighted by Gasteiger charge is -2.27. The molecule has 0 spiro atoms. The molecule has 1 aromatic heterocycles. The summed E-state index contributed by atoms with van der Waals surface area (Å²) in [5.41, 5.74) is 10.7. The summed E-state index contributed by atoms with van der Waals surface area (Å²) in [6.07, 6.45) is 0. The van der Waals surface area contributed by atoms with Gasteiger partial charge in [-0.25, -0.2) is 0 Å². The molecule has 48 heavy (non-hydrogen) atoms. The smallest absolute Gasteiger partial charge is 0.0554 e. The Labute approximate surface area is 284 Å². The largest absolute Gasteiger partial charge is 0.310 e. The van der Waals surface area contributed by atoms with Gasteiger partial charge < -0.3 is 4.90 Å². The van der Waals surface area contributed by atoms with Crippen LogP contribution in [0.5, 0.6) is 0 Å². The van der Waals surface area contributed by atoms with E-state index in [1.807, 2.05) is 11.3 Å². The molecule has 0 aliphatic rings. The quantitative estimate of drug-likeness (QED) is 0.177. The standard InChI is InChI=1S/C46H31NS/c1-3-10-32(11-4-1)34-18-20-35(21-19-34)37-24-29-40(30-25-37)47(39-27-22-36(23-28-39)33-12-5-2-6-13-33)43-16-9-14-38-26-31-42-41-15-7-8-17-44(41)48-46(42)45(38)43/h1-31H. The average molecular weight is 630 g/mol. The van der Waals surface area contributed by atoms with E-state index in [2.05, 4.69) is 193 Å². The van der Waals surface area contributed by atoms with Crippen molar-refractivity contribution in [1.82, 2.24) is 0 Å². The third kappa shape index (κ3) is 5.04. The Kier molecular flexibility index (Phi) is 7.07. The Bertz CT molecular complexity index is 2510. The molecular weight excluding hydrogens is 599 g/mol. The van der Waals surface area contributed by atoms with E-state index in [4.69, 9.17) is 0 Å². The van der Waals surface area contributed by atoms with E-state index < -0.39 is 0 Å². The van der Waals surface area contributed by atoms with E-state index in [9.17, 15) is 0 Å². The molecule has 0 aliphatic carbocycles. The second-order valence-corrected chi connectivity index (χ2v) is 13.2. The topological polar surface area (TPSA) is 3.24 Å². The van der Waals surface area contributed by atoms with Crippen LogP contribution < -0.4 is 4.90 Å². The van der Waals surface area contributed by atoms with Crippen molar-refractivity contribution in [3.63, 3.8) is 0 Å². The molecule has 0 aliphatic heterocycles. The van der Waals surface area contributed by atoms with Crippen LogP contribution in [0.15, 0.2) is 188 Å². The fourth-order valence-corrected chi connectivity index (χ4v) is 8.14. The van der Waals surface area contributed by atoms with Gasteiger partial charge in [0.2, 0.25) is 0 Å². The summed E-state index contributed by atoms with van der Waals surface area (Å²) in [4.78, 5) is 2.42. The predicted octanol–water partition coefficient (Wildman–Crippen LogP) is 13.7. The summed E-state index contributed by atoms with van der Waals surface area (Å²) in [5, 5.41) is 5.15. The van der Waals surface area contributed by atoms with Gasteiger partial charge in [-0.1, -0.05) is 152 Å². The number of hydrogen-bond acceptors (Lipinski definition) is 2. The summed E-state index contributed by atoms with van der Waals surface area (Å²) >= 11 is 1.89. The second-order valence-electron chi connectivity index (χ2n) is 12.2. The Balaban J connectivity index is 1.18.